The second kappa shape index (κ2) is 2.57. The fourth-order valence-corrected chi connectivity index (χ4v) is 3.00. The fourth-order valence-electron chi connectivity index (χ4n) is 0.999. The number of rotatable bonds is 1. The summed E-state index contributed by atoms with van der Waals surface area (Å²) < 4.78 is 1.21. The quantitative estimate of drug-likeness (QED) is 0.761. The molecule has 0 aliphatic heterocycles. The Morgan fingerprint density at radius 3 is 2.92 bits per heavy atom. The van der Waals surface area contributed by atoms with Gasteiger partial charge in [0, 0.05) is 5.70 Å². The van der Waals surface area contributed by atoms with Crippen molar-refractivity contribution in [3.8, 4) is 0 Å². The average Bonchev–Trinajstić information content (AvgIpc) is 2.42. The van der Waals surface area contributed by atoms with E-state index in [4.69, 9.17) is 5.73 Å². The normalized spacial score (nSPS) is 10.8. The summed E-state index contributed by atoms with van der Waals surface area (Å²) >= 11 is 3.29. The van der Waals surface area contributed by atoms with Crippen LogP contribution in [-0.4, -0.2) is 4.98 Å². The summed E-state index contributed by atoms with van der Waals surface area (Å²) in [6.45, 7) is 5.70. The smallest absolute Gasteiger partial charge is 0.135 e. The molecule has 2 aromatic rings. The van der Waals surface area contributed by atoms with Crippen LogP contribution in [0.1, 0.15) is 9.88 Å². The van der Waals surface area contributed by atoms with Crippen molar-refractivity contribution in [2.24, 2.45) is 5.73 Å². The van der Waals surface area contributed by atoms with E-state index >= 15 is 0 Å². The zero-order valence-corrected chi connectivity index (χ0v) is 8.26. The van der Waals surface area contributed by atoms with E-state index in [0.29, 0.717) is 5.70 Å². The van der Waals surface area contributed by atoms with Crippen LogP contribution < -0.4 is 5.73 Å². The number of hydrogen-bond acceptors (Lipinski definition) is 4. The summed E-state index contributed by atoms with van der Waals surface area (Å²) in [6, 6.07) is 2.05. The third-order valence-electron chi connectivity index (χ3n) is 1.51. The molecule has 0 saturated carbocycles. The minimum absolute atomic E-state index is 0.628. The van der Waals surface area contributed by atoms with Crippen LogP contribution >= 0.6 is 22.7 Å². The highest BCUT2D eigenvalue weighted by Crippen LogP contribution is 2.31. The number of fused-ring (bicyclic) bond motifs is 1. The summed E-state index contributed by atoms with van der Waals surface area (Å²) in [4.78, 5) is 6.46. The maximum atomic E-state index is 5.57. The highest BCUT2D eigenvalue weighted by Gasteiger charge is 2.06. The number of nitrogens with two attached hydrogens (primary N) is 1. The van der Waals surface area contributed by atoms with Crippen LogP contribution in [0.4, 0.5) is 0 Å². The molecule has 2 rings (SSSR count). The van der Waals surface area contributed by atoms with E-state index in [1.807, 2.05) is 13.0 Å². The molecule has 2 aromatic heterocycles. The molecule has 2 nitrogen and oxygen atoms in total. The fraction of sp³-hybridized carbons (Fsp3) is 0.125. The molecule has 0 amide bonds. The monoisotopic (exact) mass is 196 g/mol. The Morgan fingerprint density at radius 2 is 2.33 bits per heavy atom. The second-order valence-electron chi connectivity index (χ2n) is 2.54. The Hall–Kier alpha value is -0.870. The molecule has 2 N–H and O–H groups in total. The minimum Gasteiger partial charge on any atom is -0.398 e. The molecule has 0 saturated heterocycles. The topological polar surface area (TPSA) is 38.9 Å². The zero-order chi connectivity index (χ0) is 8.72. The van der Waals surface area contributed by atoms with Gasteiger partial charge in [0.15, 0.2) is 0 Å². The lowest BCUT2D eigenvalue weighted by molar-refractivity contribution is 1.36. The molecule has 0 aliphatic rings. The van der Waals surface area contributed by atoms with Crippen LogP contribution in [0, 0.1) is 6.92 Å². The van der Waals surface area contributed by atoms with Gasteiger partial charge in [0.2, 0.25) is 0 Å². The van der Waals surface area contributed by atoms with Gasteiger partial charge in [0.1, 0.15) is 4.83 Å². The summed E-state index contributed by atoms with van der Waals surface area (Å²) in [5, 5.41) is 1.10. The van der Waals surface area contributed by atoms with E-state index in [9.17, 15) is 0 Å². The highest BCUT2D eigenvalue weighted by molar-refractivity contribution is 7.27. The minimum atomic E-state index is 0.628. The Balaban J connectivity index is 2.64. The zero-order valence-electron chi connectivity index (χ0n) is 6.63. The Bertz CT molecular complexity index is 407. The van der Waals surface area contributed by atoms with Crippen LogP contribution in [0.25, 0.3) is 15.2 Å². The molecule has 0 aliphatic carbocycles. The van der Waals surface area contributed by atoms with Gasteiger partial charge in [0.25, 0.3) is 0 Å². The van der Waals surface area contributed by atoms with Crippen molar-refractivity contribution in [2.75, 3.05) is 0 Å². The van der Waals surface area contributed by atoms with Gasteiger partial charge in [-0.05, 0) is 13.0 Å². The van der Waals surface area contributed by atoms with E-state index < -0.39 is 0 Å². The van der Waals surface area contributed by atoms with Gasteiger partial charge in [-0.1, -0.05) is 6.58 Å². The van der Waals surface area contributed by atoms with Crippen molar-refractivity contribution in [1.29, 1.82) is 0 Å². The van der Waals surface area contributed by atoms with Crippen LogP contribution in [0.5, 0.6) is 0 Å². The molecular formula is C8H8N2S2. The van der Waals surface area contributed by atoms with Gasteiger partial charge in [-0.25, -0.2) is 4.98 Å². The lowest BCUT2D eigenvalue weighted by atomic mass is 10.4. The van der Waals surface area contributed by atoms with Crippen LogP contribution in [-0.2, 0) is 0 Å². The highest BCUT2D eigenvalue weighted by atomic mass is 32.1. The summed E-state index contributed by atoms with van der Waals surface area (Å²) in [5.74, 6) is 0. The third kappa shape index (κ3) is 1.13. The van der Waals surface area contributed by atoms with Gasteiger partial charge in [-0.3, -0.25) is 0 Å². The Kier molecular flexibility index (Phi) is 1.66. The number of aryl methyl sites for hydroxylation is 1. The van der Waals surface area contributed by atoms with Crippen molar-refractivity contribution in [3.63, 3.8) is 0 Å². The van der Waals surface area contributed by atoms with Crippen molar-refractivity contribution in [1.82, 2.24) is 4.98 Å². The van der Waals surface area contributed by atoms with E-state index in [1.165, 1.54) is 4.70 Å². The predicted molar refractivity (Wildman–Crippen MR) is 55.5 cm³/mol. The SMILES string of the molecule is C=C(N)c1cc2sc(C)nc2s1. The van der Waals surface area contributed by atoms with Crippen LogP contribution in [0.3, 0.4) is 0 Å². The predicted octanol–water partition coefficient (Wildman–Crippen LogP) is 2.60. The number of nitrogens with zero attached hydrogens (tertiary/aromatic N) is 1. The second-order valence-corrected chi connectivity index (χ2v) is 4.80. The number of hydrogen-bond donors (Lipinski definition) is 1. The molecule has 0 spiro atoms. The van der Waals surface area contributed by atoms with E-state index in [-0.39, 0.29) is 0 Å². The van der Waals surface area contributed by atoms with Gasteiger partial charge in [-0.15, -0.1) is 22.7 Å². The Morgan fingerprint density at radius 1 is 1.58 bits per heavy atom. The molecule has 12 heavy (non-hydrogen) atoms. The molecule has 2 heterocycles. The molecule has 62 valence electrons. The lowest BCUT2D eigenvalue weighted by Gasteiger charge is -1.88. The maximum absolute atomic E-state index is 5.57. The van der Waals surface area contributed by atoms with Crippen LogP contribution in [0.15, 0.2) is 12.6 Å². The molecule has 0 fully saturated rings. The van der Waals surface area contributed by atoms with Crippen LogP contribution in [0.2, 0.25) is 0 Å². The van der Waals surface area contributed by atoms with E-state index in [2.05, 4.69) is 11.6 Å². The first kappa shape index (κ1) is 7.76. The maximum Gasteiger partial charge on any atom is 0.135 e. The molecule has 0 radical (unpaired) electrons. The van der Waals surface area contributed by atoms with E-state index in [1.54, 1.807) is 22.7 Å². The van der Waals surface area contributed by atoms with Gasteiger partial charge < -0.3 is 5.73 Å². The van der Waals surface area contributed by atoms with Gasteiger partial charge in [-0.2, -0.15) is 0 Å². The summed E-state index contributed by atoms with van der Waals surface area (Å²) in [7, 11) is 0. The van der Waals surface area contributed by atoms with Gasteiger partial charge in [0.05, 0.1) is 14.6 Å². The Labute approximate surface area is 78.4 Å². The summed E-state index contributed by atoms with van der Waals surface area (Å²) in [6.07, 6.45) is 0. The number of thiazole rings is 1. The van der Waals surface area contributed by atoms with Crippen molar-refractivity contribution in [3.05, 3.63) is 22.5 Å². The molecule has 0 bridgehead atoms. The van der Waals surface area contributed by atoms with Crippen molar-refractivity contribution < 1.29 is 0 Å². The molecule has 0 aromatic carbocycles. The van der Waals surface area contributed by atoms with Crippen molar-refractivity contribution >= 4 is 37.9 Å². The van der Waals surface area contributed by atoms with Crippen molar-refractivity contribution in [2.45, 2.75) is 6.92 Å². The lowest BCUT2D eigenvalue weighted by Crippen LogP contribution is -1.88. The molecule has 0 atom stereocenters. The molecule has 4 heteroatoms. The first-order chi connectivity index (χ1) is 5.66. The third-order valence-corrected chi connectivity index (χ3v) is 3.66. The average molecular weight is 196 g/mol. The van der Waals surface area contributed by atoms with Gasteiger partial charge >= 0.3 is 0 Å². The van der Waals surface area contributed by atoms with E-state index in [0.717, 1.165) is 14.7 Å². The first-order valence-electron chi connectivity index (χ1n) is 3.48. The summed E-state index contributed by atoms with van der Waals surface area (Å²) in [5.41, 5.74) is 6.20. The number of aromatic nitrogens is 1. The largest absolute Gasteiger partial charge is 0.398 e. The molecular weight excluding hydrogens is 188 g/mol. The standard InChI is InChI=1S/C8H8N2S2/c1-4(9)6-3-7-8(12-6)10-5(2)11-7/h3H,1,9H2,2H3. The molecule has 0 unspecified atom stereocenters. The first-order valence-corrected chi connectivity index (χ1v) is 5.12. The number of thiophene rings is 1.